The molecule has 1 N–H and O–H groups in total. The fraction of sp³-hybridized carbons (Fsp3) is 1.00. The summed E-state index contributed by atoms with van der Waals surface area (Å²) in [4.78, 5) is 2.70. The van der Waals surface area contributed by atoms with Crippen LogP contribution < -0.4 is 5.32 Å². The number of nitrogens with zero attached hydrogens (tertiary/aromatic N) is 1. The van der Waals surface area contributed by atoms with Gasteiger partial charge in [0.25, 0.3) is 0 Å². The molecule has 0 amide bonds. The summed E-state index contributed by atoms with van der Waals surface area (Å²) in [6.45, 7) is 12.1. The number of hydrogen-bond acceptors (Lipinski definition) is 4. The summed E-state index contributed by atoms with van der Waals surface area (Å²) in [5.41, 5.74) is 0. The zero-order valence-corrected chi connectivity index (χ0v) is 13.9. The lowest BCUT2D eigenvalue weighted by molar-refractivity contribution is -0.192. The first-order valence-electron chi connectivity index (χ1n) is 8.89. The average molecular weight is 296 g/mol. The largest absolute Gasteiger partial charge is 0.347 e. The van der Waals surface area contributed by atoms with Crippen LogP contribution in [0.4, 0.5) is 0 Å². The molecule has 2 saturated heterocycles. The van der Waals surface area contributed by atoms with E-state index >= 15 is 0 Å². The van der Waals surface area contributed by atoms with Gasteiger partial charge in [0.1, 0.15) is 0 Å². The Morgan fingerprint density at radius 1 is 1.14 bits per heavy atom. The summed E-state index contributed by atoms with van der Waals surface area (Å²) >= 11 is 0. The predicted octanol–water partition coefficient (Wildman–Crippen LogP) is 2.24. The van der Waals surface area contributed by atoms with Crippen molar-refractivity contribution in [1.29, 1.82) is 0 Å². The van der Waals surface area contributed by atoms with Crippen LogP contribution in [0.5, 0.6) is 0 Å². The first kappa shape index (κ1) is 15.7. The maximum absolute atomic E-state index is 6.00. The third kappa shape index (κ3) is 3.29. The smallest absolute Gasteiger partial charge is 0.170 e. The van der Waals surface area contributed by atoms with Gasteiger partial charge in [-0.25, -0.2) is 0 Å². The van der Waals surface area contributed by atoms with Crippen LogP contribution in [0.2, 0.25) is 0 Å². The molecule has 0 aromatic rings. The van der Waals surface area contributed by atoms with Crippen LogP contribution in [0.1, 0.15) is 46.5 Å². The topological polar surface area (TPSA) is 33.7 Å². The molecule has 2 heterocycles. The summed E-state index contributed by atoms with van der Waals surface area (Å²) in [5, 5.41) is 3.78. The first-order chi connectivity index (χ1) is 10.1. The van der Waals surface area contributed by atoms with Gasteiger partial charge >= 0.3 is 0 Å². The van der Waals surface area contributed by atoms with Crippen molar-refractivity contribution in [2.75, 3.05) is 32.8 Å². The normalized spacial score (nSPS) is 40.1. The van der Waals surface area contributed by atoms with Crippen molar-refractivity contribution in [3.63, 3.8) is 0 Å². The van der Waals surface area contributed by atoms with E-state index in [1.165, 1.54) is 25.9 Å². The van der Waals surface area contributed by atoms with Gasteiger partial charge in [0.05, 0.1) is 13.2 Å². The van der Waals surface area contributed by atoms with E-state index in [9.17, 15) is 0 Å². The monoisotopic (exact) mass is 296 g/mol. The lowest BCUT2D eigenvalue weighted by Crippen LogP contribution is -2.57. The first-order valence-corrected chi connectivity index (χ1v) is 8.89. The van der Waals surface area contributed by atoms with Crippen LogP contribution in [0.15, 0.2) is 0 Å². The maximum Gasteiger partial charge on any atom is 0.170 e. The molecule has 2 aliphatic heterocycles. The molecule has 0 radical (unpaired) electrons. The summed E-state index contributed by atoms with van der Waals surface area (Å²) in [6, 6.07) is 1.16. The van der Waals surface area contributed by atoms with Gasteiger partial charge in [-0.15, -0.1) is 0 Å². The van der Waals surface area contributed by atoms with E-state index in [4.69, 9.17) is 9.47 Å². The van der Waals surface area contributed by atoms with Gasteiger partial charge in [-0.3, -0.25) is 4.90 Å². The van der Waals surface area contributed by atoms with Gasteiger partial charge in [-0.2, -0.15) is 0 Å². The van der Waals surface area contributed by atoms with Crippen LogP contribution >= 0.6 is 0 Å². The number of likely N-dealkylation sites (tertiary alicyclic amines) is 1. The Morgan fingerprint density at radius 3 is 2.43 bits per heavy atom. The highest BCUT2D eigenvalue weighted by Crippen LogP contribution is 2.39. The van der Waals surface area contributed by atoms with E-state index in [1.807, 2.05) is 0 Å². The lowest BCUT2D eigenvalue weighted by atomic mass is 9.84. The van der Waals surface area contributed by atoms with Crippen molar-refractivity contribution in [3.8, 4) is 0 Å². The van der Waals surface area contributed by atoms with Crippen LogP contribution in [0.25, 0.3) is 0 Å². The Hall–Kier alpha value is -0.160. The second kappa shape index (κ2) is 6.53. The highest BCUT2D eigenvalue weighted by molar-refractivity contribution is 4.98. The Kier molecular flexibility index (Phi) is 4.89. The zero-order chi connectivity index (χ0) is 14.9. The van der Waals surface area contributed by atoms with Crippen molar-refractivity contribution in [1.82, 2.24) is 10.2 Å². The van der Waals surface area contributed by atoms with Gasteiger partial charge in [0.2, 0.25) is 0 Å². The Bertz CT molecular complexity index is 334. The summed E-state index contributed by atoms with van der Waals surface area (Å²) in [5.74, 6) is 1.34. The van der Waals surface area contributed by atoms with E-state index in [0.29, 0.717) is 12.1 Å². The molecule has 122 valence electrons. The summed E-state index contributed by atoms with van der Waals surface area (Å²) in [7, 11) is 0. The van der Waals surface area contributed by atoms with E-state index in [1.54, 1.807) is 0 Å². The van der Waals surface area contributed by atoms with Gasteiger partial charge in [0, 0.05) is 38.0 Å². The number of nitrogens with one attached hydrogen (secondary N) is 1. The van der Waals surface area contributed by atoms with Gasteiger partial charge in [0.15, 0.2) is 5.79 Å². The van der Waals surface area contributed by atoms with E-state index < -0.39 is 0 Å². The average Bonchev–Trinajstić information content (AvgIpc) is 3.06. The van der Waals surface area contributed by atoms with Crippen LogP contribution in [0.3, 0.4) is 0 Å². The third-order valence-electron chi connectivity index (χ3n) is 5.78. The number of rotatable bonds is 4. The highest BCUT2D eigenvalue weighted by atomic mass is 16.7. The van der Waals surface area contributed by atoms with Crippen molar-refractivity contribution >= 4 is 0 Å². The van der Waals surface area contributed by atoms with E-state index in [0.717, 1.165) is 44.4 Å². The fourth-order valence-corrected chi connectivity index (χ4v) is 4.29. The standard InChI is InChI=1S/C17H32N2O2/c1-4-7-18-15-5-6-17(20-8-9-21-17)10-16(15)19-11-13(2)14(3)12-19/h13-16,18H,4-12H2,1-3H3. The Balaban J connectivity index is 1.70. The van der Waals surface area contributed by atoms with Crippen molar-refractivity contribution in [2.24, 2.45) is 11.8 Å². The van der Waals surface area contributed by atoms with Crippen LogP contribution in [-0.4, -0.2) is 55.6 Å². The zero-order valence-electron chi connectivity index (χ0n) is 13.9. The molecule has 3 fully saturated rings. The van der Waals surface area contributed by atoms with Gasteiger partial charge < -0.3 is 14.8 Å². The predicted molar refractivity (Wildman–Crippen MR) is 84.3 cm³/mol. The van der Waals surface area contributed by atoms with Crippen molar-refractivity contribution in [3.05, 3.63) is 0 Å². The highest BCUT2D eigenvalue weighted by Gasteiger charge is 2.48. The molecule has 21 heavy (non-hydrogen) atoms. The quantitative estimate of drug-likeness (QED) is 0.862. The molecular weight excluding hydrogens is 264 g/mol. The molecule has 4 unspecified atom stereocenters. The molecule has 1 spiro atoms. The van der Waals surface area contributed by atoms with Gasteiger partial charge in [-0.1, -0.05) is 20.8 Å². The fourth-order valence-electron chi connectivity index (χ4n) is 4.29. The van der Waals surface area contributed by atoms with Gasteiger partial charge in [-0.05, 0) is 31.2 Å². The molecule has 4 heteroatoms. The number of hydrogen-bond donors (Lipinski definition) is 1. The molecular formula is C17H32N2O2. The Labute approximate surface area is 129 Å². The molecule has 3 rings (SSSR count). The van der Waals surface area contributed by atoms with E-state index in [2.05, 4.69) is 31.0 Å². The second-order valence-electron chi connectivity index (χ2n) is 7.39. The van der Waals surface area contributed by atoms with Crippen LogP contribution in [-0.2, 0) is 9.47 Å². The summed E-state index contributed by atoms with van der Waals surface area (Å²) in [6.07, 6.45) is 4.45. The molecule has 4 atom stereocenters. The SMILES string of the molecule is CCCNC1CCC2(CC1N1CC(C)C(C)C1)OCCO2. The second-order valence-corrected chi connectivity index (χ2v) is 7.39. The molecule has 0 aromatic heterocycles. The molecule has 0 bridgehead atoms. The molecule has 4 nitrogen and oxygen atoms in total. The minimum absolute atomic E-state index is 0.274. The molecule has 3 aliphatic rings. The molecule has 0 aromatic carbocycles. The van der Waals surface area contributed by atoms with Crippen molar-refractivity contribution < 1.29 is 9.47 Å². The third-order valence-corrected chi connectivity index (χ3v) is 5.78. The minimum Gasteiger partial charge on any atom is -0.347 e. The molecule has 1 saturated carbocycles. The van der Waals surface area contributed by atoms with Crippen molar-refractivity contribution in [2.45, 2.75) is 64.3 Å². The number of ether oxygens (including phenoxy) is 2. The molecule has 1 aliphatic carbocycles. The lowest BCUT2D eigenvalue weighted by Gasteiger charge is -2.45. The minimum atomic E-state index is -0.274. The maximum atomic E-state index is 6.00. The van der Waals surface area contributed by atoms with E-state index in [-0.39, 0.29) is 5.79 Å². The summed E-state index contributed by atoms with van der Waals surface area (Å²) < 4.78 is 12.0. The Morgan fingerprint density at radius 2 is 1.81 bits per heavy atom. The van der Waals surface area contributed by atoms with Crippen LogP contribution in [0, 0.1) is 11.8 Å².